The van der Waals surface area contributed by atoms with E-state index in [0.717, 1.165) is 11.8 Å². The number of Topliss-reactive ketones (excluding diaryl/α,β-unsaturated/α-hetero) is 1. The lowest BCUT2D eigenvalue weighted by Gasteiger charge is -2.04. The van der Waals surface area contributed by atoms with Crippen LogP contribution in [0.2, 0.25) is 0 Å². The Morgan fingerprint density at radius 3 is 2.57 bits per heavy atom. The quantitative estimate of drug-likeness (QED) is 0.437. The molecule has 0 spiro atoms. The summed E-state index contributed by atoms with van der Waals surface area (Å²) in [5.41, 5.74) is 1.95. The van der Waals surface area contributed by atoms with Gasteiger partial charge in [0.25, 0.3) is 0 Å². The third-order valence-corrected chi connectivity index (χ3v) is 2.24. The first-order valence-electron chi connectivity index (χ1n) is 4.30. The van der Waals surface area contributed by atoms with Crippen LogP contribution in [0.5, 0.6) is 0 Å². The van der Waals surface area contributed by atoms with Crippen molar-refractivity contribution in [2.75, 3.05) is 0 Å². The summed E-state index contributed by atoms with van der Waals surface area (Å²) in [7, 11) is 0. The van der Waals surface area contributed by atoms with Gasteiger partial charge in [0.2, 0.25) is 0 Å². The van der Waals surface area contributed by atoms with Crippen LogP contribution < -0.4 is 0 Å². The first kappa shape index (κ1) is 10.9. The smallest absolute Gasteiger partial charge is 0.180 e. The monoisotopic (exact) mass is 210 g/mol. The molecule has 14 heavy (non-hydrogen) atoms. The van der Waals surface area contributed by atoms with E-state index in [4.69, 9.17) is 11.6 Å². The molecule has 1 unspecified atom stereocenters. The van der Waals surface area contributed by atoms with Crippen LogP contribution in [0.15, 0.2) is 18.2 Å². The van der Waals surface area contributed by atoms with Gasteiger partial charge in [-0.05, 0) is 25.5 Å². The van der Waals surface area contributed by atoms with E-state index < -0.39 is 5.38 Å². The number of aldehydes is 1. The molecule has 1 atom stereocenters. The van der Waals surface area contributed by atoms with Crippen LogP contribution in [0.3, 0.4) is 0 Å². The zero-order chi connectivity index (χ0) is 10.7. The van der Waals surface area contributed by atoms with E-state index in [1.165, 1.54) is 0 Å². The maximum absolute atomic E-state index is 11.5. The van der Waals surface area contributed by atoms with Gasteiger partial charge in [-0.1, -0.05) is 12.1 Å². The predicted octanol–water partition coefficient (Wildman–Crippen LogP) is 2.62. The van der Waals surface area contributed by atoms with Gasteiger partial charge >= 0.3 is 0 Å². The summed E-state index contributed by atoms with van der Waals surface area (Å²) in [6, 6.07) is 4.94. The van der Waals surface area contributed by atoms with Crippen molar-refractivity contribution >= 4 is 23.7 Å². The summed E-state index contributed by atoms with van der Waals surface area (Å²) >= 11 is 5.67. The van der Waals surface area contributed by atoms with E-state index in [0.29, 0.717) is 11.1 Å². The molecule has 0 aliphatic rings. The summed E-state index contributed by atoms with van der Waals surface area (Å²) < 4.78 is 0. The van der Waals surface area contributed by atoms with Crippen molar-refractivity contribution in [3.05, 3.63) is 34.9 Å². The fraction of sp³-hybridized carbons (Fsp3) is 0.273. The van der Waals surface area contributed by atoms with E-state index in [2.05, 4.69) is 0 Å². The number of halogens is 1. The molecule has 2 nitrogen and oxygen atoms in total. The van der Waals surface area contributed by atoms with E-state index in [1.807, 2.05) is 0 Å². The molecule has 0 bridgehead atoms. The molecule has 0 heterocycles. The van der Waals surface area contributed by atoms with Crippen molar-refractivity contribution < 1.29 is 9.59 Å². The average molecular weight is 211 g/mol. The van der Waals surface area contributed by atoms with Gasteiger partial charge in [0.1, 0.15) is 6.29 Å². The van der Waals surface area contributed by atoms with Gasteiger partial charge < -0.3 is 0 Å². The van der Waals surface area contributed by atoms with Gasteiger partial charge in [-0.3, -0.25) is 9.59 Å². The summed E-state index contributed by atoms with van der Waals surface area (Å²) in [4.78, 5) is 22.0. The first-order chi connectivity index (χ1) is 6.56. The highest BCUT2D eigenvalue weighted by atomic mass is 35.5. The molecule has 1 aromatic carbocycles. The molecular weight excluding hydrogens is 200 g/mol. The topological polar surface area (TPSA) is 34.1 Å². The Labute approximate surface area is 87.9 Å². The summed E-state index contributed by atoms with van der Waals surface area (Å²) in [5, 5.41) is -0.531. The molecular formula is C11H11ClO2. The van der Waals surface area contributed by atoms with Gasteiger partial charge in [0, 0.05) is 11.1 Å². The standard InChI is InChI=1S/C11H11ClO2/c1-7-5-9(11(14)8(2)12)3-4-10(7)6-13/h3-6,8H,1-2H3. The SMILES string of the molecule is Cc1cc(C(=O)C(C)Cl)ccc1C=O. The number of carbonyl (C=O) groups is 2. The van der Waals surface area contributed by atoms with Gasteiger partial charge in [-0.25, -0.2) is 0 Å². The summed E-state index contributed by atoms with van der Waals surface area (Å²) in [6.07, 6.45) is 0.772. The van der Waals surface area contributed by atoms with E-state index >= 15 is 0 Å². The van der Waals surface area contributed by atoms with Crippen molar-refractivity contribution in [2.45, 2.75) is 19.2 Å². The Morgan fingerprint density at radius 2 is 2.14 bits per heavy atom. The number of ketones is 1. The molecule has 74 valence electrons. The Balaban J connectivity index is 3.08. The maximum Gasteiger partial charge on any atom is 0.180 e. The number of benzene rings is 1. The number of hydrogen-bond acceptors (Lipinski definition) is 2. The Kier molecular flexibility index (Phi) is 3.42. The van der Waals surface area contributed by atoms with Gasteiger partial charge in [-0.15, -0.1) is 11.6 Å². The van der Waals surface area contributed by atoms with Crippen molar-refractivity contribution in [3.63, 3.8) is 0 Å². The van der Waals surface area contributed by atoms with Crippen molar-refractivity contribution in [3.8, 4) is 0 Å². The molecule has 0 aliphatic heterocycles. The maximum atomic E-state index is 11.5. The molecule has 0 aromatic heterocycles. The number of alkyl halides is 1. The minimum absolute atomic E-state index is 0.118. The molecule has 1 aromatic rings. The largest absolute Gasteiger partial charge is 0.298 e. The minimum atomic E-state index is -0.531. The molecule has 3 heteroatoms. The lowest BCUT2D eigenvalue weighted by molar-refractivity contribution is 0.0990. The highest BCUT2D eigenvalue weighted by molar-refractivity contribution is 6.33. The van der Waals surface area contributed by atoms with Crippen LogP contribution >= 0.6 is 11.6 Å². The minimum Gasteiger partial charge on any atom is -0.298 e. The molecule has 0 amide bonds. The zero-order valence-corrected chi connectivity index (χ0v) is 8.84. The van der Waals surface area contributed by atoms with E-state index in [1.54, 1.807) is 32.0 Å². The normalized spacial score (nSPS) is 12.2. The van der Waals surface area contributed by atoms with Gasteiger partial charge in [-0.2, -0.15) is 0 Å². The Hall–Kier alpha value is -1.15. The average Bonchev–Trinajstić information content (AvgIpc) is 2.16. The van der Waals surface area contributed by atoms with Gasteiger partial charge in [0.15, 0.2) is 5.78 Å². The molecule has 0 N–H and O–H groups in total. The fourth-order valence-electron chi connectivity index (χ4n) is 1.19. The number of hydrogen-bond donors (Lipinski definition) is 0. The molecule has 1 rings (SSSR count). The van der Waals surface area contributed by atoms with Gasteiger partial charge in [0.05, 0.1) is 5.38 Å². The van der Waals surface area contributed by atoms with Crippen LogP contribution in [-0.2, 0) is 0 Å². The Bertz CT molecular complexity index is 370. The summed E-state index contributed by atoms with van der Waals surface area (Å²) in [5.74, 6) is -0.118. The highest BCUT2D eigenvalue weighted by Gasteiger charge is 2.12. The highest BCUT2D eigenvalue weighted by Crippen LogP contribution is 2.13. The summed E-state index contributed by atoms with van der Waals surface area (Å²) in [6.45, 7) is 3.42. The number of aryl methyl sites for hydroxylation is 1. The third kappa shape index (κ3) is 2.20. The van der Waals surface area contributed by atoms with Crippen LogP contribution in [0.25, 0.3) is 0 Å². The molecule has 0 radical (unpaired) electrons. The molecule has 0 fully saturated rings. The lowest BCUT2D eigenvalue weighted by Crippen LogP contribution is -2.10. The van der Waals surface area contributed by atoms with Crippen LogP contribution in [-0.4, -0.2) is 17.4 Å². The van der Waals surface area contributed by atoms with Crippen LogP contribution in [0, 0.1) is 6.92 Å². The van der Waals surface area contributed by atoms with Crippen LogP contribution in [0.1, 0.15) is 33.2 Å². The second-order valence-corrected chi connectivity index (χ2v) is 3.82. The number of rotatable bonds is 3. The second-order valence-electron chi connectivity index (χ2n) is 3.17. The molecule has 0 saturated carbocycles. The Morgan fingerprint density at radius 1 is 1.50 bits per heavy atom. The molecule has 0 aliphatic carbocycles. The fourth-order valence-corrected chi connectivity index (χ4v) is 1.32. The zero-order valence-electron chi connectivity index (χ0n) is 8.08. The predicted molar refractivity (Wildman–Crippen MR) is 56.2 cm³/mol. The van der Waals surface area contributed by atoms with Crippen LogP contribution in [0.4, 0.5) is 0 Å². The van der Waals surface area contributed by atoms with Crippen molar-refractivity contribution in [1.82, 2.24) is 0 Å². The van der Waals surface area contributed by atoms with E-state index in [9.17, 15) is 9.59 Å². The second kappa shape index (κ2) is 4.38. The van der Waals surface area contributed by atoms with Crippen molar-refractivity contribution in [2.24, 2.45) is 0 Å². The number of carbonyl (C=O) groups excluding carboxylic acids is 2. The molecule has 0 saturated heterocycles. The lowest BCUT2D eigenvalue weighted by atomic mass is 10.0. The first-order valence-corrected chi connectivity index (χ1v) is 4.74. The van der Waals surface area contributed by atoms with Crippen molar-refractivity contribution in [1.29, 1.82) is 0 Å². The third-order valence-electron chi connectivity index (χ3n) is 2.04. The van der Waals surface area contributed by atoms with E-state index in [-0.39, 0.29) is 5.78 Å².